The number of halogens is 1. The number of hydrogen-bond acceptors (Lipinski definition) is 4. The van der Waals surface area contributed by atoms with Crippen LogP contribution in [0.5, 0.6) is 0 Å². The minimum atomic E-state index is -0.371. The number of aromatic nitrogens is 1. The fourth-order valence-electron chi connectivity index (χ4n) is 5.13. The zero-order chi connectivity index (χ0) is 19.7. The Labute approximate surface area is 171 Å². The molecule has 3 atom stereocenters. The fraction of sp³-hybridized carbons (Fsp3) is 0.545. The summed E-state index contributed by atoms with van der Waals surface area (Å²) in [6, 6.07) is 7.92. The lowest BCUT2D eigenvalue weighted by Gasteiger charge is -2.51. The van der Waals surface area contributed by atoms with Crippen molar-refractivity contribution in [3.63, 3.8) is 0 Å². The topological polar surface area (TPSA) is 52.3 Å². The third kappa shape index (κ3) is 3.58. The Balaban J connectivity index is 1.51. The highest BCUT2D eigenvalue weighted by atomic mass is 35.5. The molecule has 6 heteroatoms. The lowest BCUT2D eigenvalue weighted by Crippen LogP contribution is -2.61. The van der Waals surface area contributed by atoms with Crippen LogP contribution in [0, 0.1) is 12.8 Å². The van der Waals surface area contributed by atoms with Gasteiger partial charge >= 0.3 is 5.97 Å². The second-order valence-corrected chi connectivity index (χ2v) is 8.84. The van der Waals surface area contributed by atoms with E-state index in [0.29, 0.717) is 46.2 Å². The van der Waals surface area contributed by atoms with Crippen molar-refractivity contribution >= 4 is 17.6 Å². The lowest BCUT2D eigenvalue weighted by molar-refractivity contribution is -0.947. The third-order valence-corrected chi connectivity index (χ3v) is 6.96. The van der Waals surface area contributed by atoms with Crippen LogP contribution >= 0.6 is 11.6 Å². The van der Waals surface area contributed by atoms with Gasteiger partial charge in [-0.05, 0) is 38.7 Å². The van der Waals surface area contributed by atoms with Crippen LogP contribution in [0.3, 0.4) is 0 Å². The first-order valence-corrected chi connectivity index (χ1v) is 10.6. The summed E-state index contributed by atoms with van der Waals surface area (Å²) in [4.78, 5) is 12.9. The molecule has 150 valence electrons. The number of piperidine rings is 2. The SMILES string of the molecule is Cc1onc(-c2ccccc2Cl)c1C(=O)OC[C@@H]1CCC[N@@+]2(C)CCCC[C@H]12. The van der Waals surface area contributed by atoms with Crippen molar-refractivity contribution in [2.24, 2.45) is 5.92 Å². The van der Waals surface area contributed by atoms with Crippen molar-refractivity contribution in [1.29, 1.82) is 0 Å². The zero-order valence-electron chi connectivity index (χ0n) is 16.6. The Morgan fingerprint density at radius 2 is 2.04 bits per heavy atom. The Morgan fingerprint density at radius 3 is 2.86 bits per heavy atom. The van der Waals surface area contributed by atoms with Gasteiger partial charge in [0.05, 0.1) is 31.2 Å². The van der Waals surface area contributed by atoms with Crippen molar-refractivity contribution in [2.45, 2.75) is 45.1 Å². The lowest BCUT2D eigenvalue weighted by atomic mass is 9.82. The number of nitrogens with zero attached hydrogens (tertiary/aromatic N) is 2. The van der Waals surface area contributed by atoms with E-state index in [1.807, 2.05) is 18.2 Å². The number of hydrogen-bond donors (Lipinski definition) is 0. The van der Waals surface area contributed by atoms with Crippen molar-refractivity contribution in [2.75, 3.05) is 26.7 Å². The summed E-state index contributed by atoms with van der Waals surface area (Å²) in [6.07, 6.45) is 6.15. The van der Waals surface area contributed by atoms with Gasteiger partial charge in [0.15, 0.2) is 0 Å². The molecule has 0 amide bonds. The molecule has 1 aromatic heterocycles. The minimum absolute atomic E-state index is 0.371. The van der Waals surface area contributed by atoms with Crippen LogP contribution in [-0.2, 0) is 4.74 Å². The van der Waals surface area contributed by atoms with Gasteiger partial charge in [-0.15, -0.1) is 0 Å². The van der Waals surface area contributed by atoms with Crippen LogP contribution in [0.4, 0.5) is 0 Å². The molecular weight excluding hydrogens is 376 g/mol. The van der Waals surface area contributed by atoms with Crippen LogP contribution in [0.15, 0.2) is 28.8 Å². The summed E-state index contributed by atoms with van der Waals surface area (Å²) in [6.45, 7) is 4.69. The molecule has 0 spiro atoms. The molecule has 0 aliphatic carbocycles. The Bertz CT molecular complexity index is 861. The van der Waals surface area contributed by atoms with Crippen molar-refractivity contribution < 1.29 is 18.5 Å². The number of carbonyl (C=O) groups is 1. The first-order chi connectivity index (χ1) is 13.5. The Hall–Kier alpha value is -1.85. The molecule has 2 aromatic rings. The van der Waals surface area contributed by atoms with Crippen molar-refractivity contribution in [3.8, 4) is 11.3 Å². The van der Waals surface area contributed by atoms with E-state index in [1.165, 1.54) is 38.8 Å². The van der Waals surface area contributed by atoms with Gasteiger partial charge in [-0.1, -0.05) is 35.0 Å². The number of quaternary nitrogens is 1. The first-order valence-electron chi connectivity index (χ1n) is 10.2. The predicted octanol–water partition coefficient (Wildman–Crippen LogP) is 4.87. The summed E-state index contributed by atoms with van der Waals surface area (Å²) in [7, 11) is 2.37. The minimum Gasteiger partial charge on any atom is -0.461 e. The van der Waals surface area contributed by atoms with E-state index >= 15 is 0 Å². The largest absolute Gasteiger partial charge is 0.461 e. The molecule has 28 heavy (non-hydrogen) atoms. The normalized spacial score (nSPS) is 27.2. The van der Waals surface area contributed by atoms with E-state index in [-0.39, 0.29) is 5.97 Å². The van der Waals surface area contributed by atoms with Gasteiger partial charge < -0.3 is 13.7 Å². The number of ether oxygens (including phenoxy) is 1. The van der Waals surface area contributed by atoms with Gasteiger partial charge in [0.2, 0.25) is 0 Å². The molecule has 4 rings (SSSR count). The zero-order valence-corrected chi connectivity index (χ0v) is 17.4. The predicted molar refractivity (Wildman–Crippen MR) is 108 cm³/mol. The van der Waals surface area contributed by atoms with E-state index in [0.717, 1.165) is 10.9 Å². The van der Waals surface area contributed by atoms with E-state index in [2.05, 4.69) is 12.2 Å². The van der Waals surface area contributed by atoms with Crippen LogP contribution < -0.4 is 0 Å². The number of esters is 1. The van der Waals surface area contributed by atoms with Gasteiger partial charge in [0.25, 0.3) is 0 Å². The Kier molecular flexibility index (Phi) is 5.48. The number of rotatable bonds is 4. The molecule has 0 N–H and O–H groups in total. The van der Waals surface area contributed by atoms with E-state index < -0.39 is 0 Å². The van der Waals surface area contributed by atoms with Gasteiger partial charge in [-0.3, -0.25) is 0 Å². The Morgan fingerprint density at radius 1 is 1.25 bits per heavy atom. The molecule has 2 aliphatic rings. The average Bonchev–Trinajstić information content (AvgIpc) is 3.07. The highest BCUT2D eigenvalue weighted by Crippen LogP contribution is 2.37. The molecule has 1 aromatic carbocycles. The number of aryl methyl sites for hydroxylation is 1. The second kappa shape index (κ2) is 7.88. The summed E-state index contributed by atoms with van der Waals surface area (Å²) in [5.41, 5.74) is 1.52. The molecule has 2 saturated heterocycles. The summed E-state index contributed by atoms with van der Waals surface area (Å²) >= 11 is 6.30. The molecule has 2 aliphatic heterocycles. The van der Waals surface area contributed by atoms with E-state index in [4.69, 9.17) is 20.9 Å². The number of benzene rings is 1. The average molecular weight is 404 g/mol. The smallest absolute Gasteiger partial charge is 0.344 e. The van der Waals surface area contributed by atoms with Crippen LogP contribution in [0.2, 0.25) is 5.02 Å². The molecule has 3 heterocycles. The number of fused-ring (bicyclic) bond motifs is 1. The fourth-order valence-corrected chi connectivity index (χ4v) is 5.36. The third-order valence-electron chi connectivity index (χ3n) is 6.63. The van der Waals surface area contributed by atoms with Gasteiger partial charge in [0, 0.05) is 17.9 Å². The van der Waals surface area contributed by atoms with Crippen LogP contribution in [0.25, 0.3) is 11.3 Å². The molecule has 5 nitrogen and oxygen atoms in total. The molecular formula is C22H28ClN2O3+. The highest BCUT2D eigenvalue weighted by Gasteiger charge is 2.44. The highest BCUT2D eigenvalue weighted by molar-refractivity contribution is 6.33. The van der Waals surface area contributed by atoms with Crippen LogP contribution in [0.1, 0.15) is 48.2 Å². The molecule has 2 fully saturated rings. The second-order valence-electron chi connectivity index (χ2n) is 8.43. The first kappa shape index (κ1) is 19.5. The van der Waals surface area contributed by atoms with Gasteiger partial charge in [-0.25, -0.2) is 4.79 Å². The number of carbonyl (C=O) groups excluding carboxylic acids is 1. The van der Waals surface area contributed by atoms with Gasteiger partial charge in [0.1, 0.15) is 23.6 Å². The maximum atomic E-state index is 12.9. The summed E-state index contributed by atoms with van der Waals surface area (Å²) < 4.78 is 12.3. The maximum absolute atomic E-state index is 12.9. The van der Waals surface area contributed by atoms with Crippen LogP contribution in [-0.4, -0.2) is 48.4 Å². The standard InChI is InChI=1S/C22H28ClN2O3/c1-15-20(21(24-28-15)17-9-3-4-10-18(17)23)22(26)27-14-16-8-7-13-25(2)12-6-5-11-19(16)25/h3-4,9-10,16,19H,5-8,11-14H2,1-2H3/q+1/t16-,19+,25+/m0/s1. The van der Waals surface area contributed by atoms with E-state index in [9.17, 15) is 4.79 Å². The summed E-state index contributed by atoms with van der Waals surface area (Å²) in [5, 5.41) is 4.61. The molecule has 0 unspecified atom stereocenters. The monoisotopic (exact) mass is 403 g/mol. The summed E-state index contributed by atoms with van der Waals surface area (Å²) in [5.74, 6) is 0.512. The quantitative estimate of drug-likeness (QED) is 0.539. The van der Waals surface area contributed by atoms with Gasteiger partial charge in [-0.2, -0.15) is 0 Å². The van der Waals surface area contributed by atoms with E-state index in [1.54, 1.807) is 13.0 Å². The molecule has 0 saturated carbocycles. The maximum Gasteiger partial charge on any atom is 0.344 e. The molecule has 0 radical (unpaired) electrons. The van der Waals surface area contributed by atoms with Crippen molar-refractivity contribution in [1.82, 2.24) is 5.16 Å². The molecule has 0 bridgehead atoms. The van der Waals surface area contributed by atoms with Crippen molar-refractivity contribution in [3.05, 3.63) is 40.6 Å².